The van der Waals surface area contributed by atoms with Crippen molar-refractivity contribution in [3.05, 3.63) is 70.3 Å². The maximum absolute atomic E-state index is 12.2. The van der Waals surface area contributed by atoms with Crippen LogP contribution in [0.2, 0.25) is 0 Å². The zero-order valence-corrected chi connectivity index (χ0v) is 14.6. The van der Waals surface area contributed by atoms with E-state index in [4.69, 9.17) is 18.6 Å². The van der Waals surface area contributed by atoms with Crippen LogP contribution in [0, 0.1) is 20.4 Å². The minimum Gasteiger partial charge on any atom is -0.289 e. The molecule has 1 unspecified atom stereocenters. The highest BCUT2D eigenvalue weighted by molar-refractivity contribution is 7.96. The van der Waals surface area contributed by atoms with E-state index in [1.54, 1.807) is 12.1 Å². The summed E-state index contributed by atoms with van der Waals surface area (Å²) in [6, 6.07) is 15.7. The zero-order valence-electron chi connectivity index (χ0n) is 13.0. The maximum Gasteiger partial charge on any atom is 0.270 e. The first kappa shape index (κ1) is 21.0. The highest BCUT2D eigenvalue weighted by Crippen LogP contribution is 2.16. The van der Waals surface area contributed by atoms with Crippen molar-refractivity contribution in [3.8, 4) is 0 Å². The van der Waals surface area contributed by atoms with Crippen LogP contribution in [0.5, 0.6) is 0 Å². The van der Waals surface area contributed by atoms with Crippen LogP contribution in [0.15, 0.2) is 59.5 Å². The molecule has 2 aromatic carbocycles. The molecular weight excluding hydrogens is 374 g/mol. The number of hydrogen-bond donors (Lipinski definition) is 0. The first-order chi connectivity index (χ1) is 11.6. The lowest BCUT2D eigenvalue weighted by atomic mass is 10.1. The van der Waals surface area contributed by atoms with E-state index in [1.807, 2.05) is 36.6 Å². The van der Waals surface area contributed by atoms with Gasteiger partial charge in [0.25, 0.3) is 5.69 Å². The number of non-ortho nitro benzene ring substituents is 1. The third-order valence-corrected chi connectivity index (χ3v) is 4.64. The van der Waals surface area contributed by atoms with Crippen molar-refractivity contribution in [2.45, 2.75) is 4.90 Å². The van der Waals surface area contributed by atoms with E-state index in [9.17, 15) is 14.9 Å². The van der Waals surface area contributed by atoms with Gasteiger partial charge in [0.15, 0.2) is 10.6 Å². The highest BCUT2D eigenvalue weighted by atomic mass is 35.7. The second-order valence-corrected chi connectivity index (χ2v) is 7.49. The summed E-state index contributed by atoms with van der Waals surface area (Å²) in [5, 5.41) is 10.7. The smallest absolute Gasteiger partial charge is 0.270 e. The highest BCUT2D eigenvalue weighted by Gasteiger charge is 2.22. The summed E-state index contributed by atoms with van der Waals surface area (Å²) < 4.78 is 34.0. The summed E-state index contributed by atoms with van der Waals surface area (Å²) in [5.74, 6) is 0.300. The van der Waals surface area contributed by atoms with Crippen LogP contribution in [0.3, 0.4) is 0 Å². The number of Topliss-reactive ketones (excluding diaryl/α,β-unsaturated/α-hetero) is 1. The van der Waals surface area contributed by atoms with Gasteiger partial charge in [0.2, 0.25) is 5.78 Å². The van der Waals surface area contributed by atoms with Crippen molar-refractivity contribution in [1.29, 1.82) is 0 Å². The van der Waals surface area contributed by atoms with Crippen LogP contribution in [-0.2, 0) is 10.9 Å². The molecule has 25 heavy (non-hydrogen) atoms. The first-order valence-corrected chi connectivity index (χ1v) is 9.68. The molecule has 0 aliphatic carbocycles. The van der Waals surface area contributed by atoms with Crippen molar-refractivity contribution in [3.63, 3.8) is 0 Å². The molecule has 0 radical (unpaired) electrons. The number of carbonyl (C=O) groups is 1. The molecule has 0 heterocycles. The van der Waals surface area contributed by atoms with Gasteiger partial charge in [-0.25, -0.2) is 18.6 Å². The number of carbonyl (C=O) groups excluding carboxylic acids is 1. The van der Waals surface area contributed by atoms with Gasteiger partial charge in [0, 0.05) is 28.6 Å². The Labute approximate surface area is 148 Å². The lowest BCUT2D eigenvalue weighted by molar-refractivity contribution is -2.00. The van der Waals surface area contributed by atoms with Gasteiger partial charge >= 0.3 is 0 Å². The molecule has 0 bridgehead atoms. The Balaban J connectivity index is 0.000000550. The Hall–Kier alpha value is -2.01. The van der Waals surface area contributed by atoms with E-state index in [0.29, 0.717) is 11.3 Å². The number of nitro benzene ring substituents is 1. The Bertz CT molecular complexity index is 715. The maximum atomic E-state index is 12.2. The van der Waals surface area contributed by atoms with Gasteiger partial charge < -0.3 is 0 Å². The molecule has 0 spiro atoms. The fourth-order valence-electron chi connectivity index (χ4n) is 1.81. The molecule has 2 aromatic rings. The number of nitro groups is 1. The predicted molar refractivity (Wildman–Crippen MR) is 80.3 cm³/mol. The van der Waals surface area contributed by atoms with Gasteiger partial charge in [0.05, 0.1) is 4.92 Å². The average molecular weight is 388 g/mol. The van der Waals surface area contributed by atoms with E-state index in [2.05, 4.69) is 0 Å². The second kappa shape index (κ2) is 9.47. The molecule has 0 aromatic heterocycles. The number of nitrogens with zero attached hydrogens (tertiary/aromatic N) is 1. The van der Waals surface area contributed by atoms with E-state index in [0.717, 1.165) is 4.90 Å². The molecule has 10 heteroatoms. The predicted octanol–water partition coefficient (Wildman–Crippen LogP) is -1.67. The normalized spacial score (nSPS) is 11.9. The molecule has 0 saturated heterocycles. The summed E-state index contributed by atoms with van der Waals surface area (Å²) in [4.78, 5) is 23.5. The van der Waals surface area contributed by atoms with Gasteiger partial charge in [-0.1, -0.05) is 30.3 Å². The summed E-state index contributed by atoms with van der Waals surface area (Å²) >= 11 is 0. The summed E-state index contributed by atoms with van der Waals surface area (Å²) in [7, 11) is -5.15. The summed E-state index contributed by atoms with van der Waals surface area (Å²) in [6.45, 7) is 0. The summed E-state index contributed by atoms with van der Waals surface area (Å²) in [6.07, 6.45) is 2.00. The molecule has 0 aliphatic heterocycles. The lowest BCUT2D eigenvalue weighted by Gasteiger charge is -2.17. The van der Waals surface area contributed by atoms with Crippen LogP contribution >= 0.6 is 0 Å². The molecule has 0 fully saturated rings. The van der Waals surface area contributed by atoms with E-state index in [-0.39, 0.29) is 22.4 Å². The number of benzene rings is 2. The Morgan fingerprint density at radius 3 is 2.12 bits per heavy atom. The number of ketones is 1. The number of rotatable bonds is 5. The van der Waals surface area contributed by atoms with Gasteiger partial charge in [-0.15, -0.1) is 10.2 Å². The van der Waals surface area contributed by atoms with Crippen molar-refractivity contribution in [1.82, 2.24) is 0 Å². The quantitative estimate of drug-likeness (QED) is 0.257. The second-order valence-electron chi connectivity index (χ2n) is 4.70. The van der Waals surface area contributed by atoms with Crippen LogP contribution in [0.1, 0.15) is 10.4 Å². The minimum absolute atomic E-state index is 0.0495. The fraction of sp³-hybridized carbons (Fsp3) is 0.133. The molecule has 0 amide bonds. The third-order valence-electron chi connectivity index (χ3n) is 2.87. The van der Waals surface area contributed by atoms with Crippen LogP contribution in [-0.4, -0.2) is 22.7 Å². The SMILES string of the molecule is C[S+](CC(=O)c1cccc([N+](=O)[O-])c1)c1ccccc1.[O-][Cl+3]([O-])([O-])[O-]. The number of halogens is 1. The number of hydrogen-bond acceptors (Lipinski definition) is 7. The van der Waals surface area contributed by atoms with Gasteiger partial charge in [-0.05, 0) is 12.1 Å². The molecule has 2 rings (SSSR count). The van der Waals surface area contributed by atoms with E-state index in [1.165, 1.54) is 12.1 Å². The zero-order chi connectivity index (χ0) is 19.0. The molecule has 0 N–H and O–H groups in total. The van der Waals surface area contributed by atoms with Crippen LogP contribution in [0.4, 0.5) is 5.69 Å². The first-order valence-electron chi connectivity index (χ1n) is 6.65. The molecule has 1 atom stereocenters. The third kappa shape index (κ3) is 8.59. The largest absolute Gasteiger partial charge is 0.289 e. The summed E-state index contributed by atoms with van der Waals surface area (Å²) in [5.41, 5.74) is 0.348. The minimum atomic E-state index is -4.94. The van der Waals surface area contributed by atoms with Gasteiger partial charge in [0.1, 0.15) is 6.26 Å². The molecule has 8 nitrogen and oxygen atoms in total. The van der Waals surface area contributed by atoms with Gasteiger partial charge in [-0.2, -0.15) is 0 Å². The average Bonchev–Trinajstić information content (AvgIpc) is 2.54. The molecule has 0 aliphatic rings. The fourth-order valence-corrected chi connectivity index (χ4v) is 3.16. The van der Waals surface area contributed by atoms with Crippen molar-refractivity contribution in [2.24, 2.45) is 0 Å². The lowest BCUT2D eigenvalue weighted by Crippen LogP contribution is -2.68. The van der Waals surface area contributed by atoms with Crippen LogP contribution < -0.4 is 18.6 Å². The Morgan fingerprint density at radius 1 is 1.04 bits per heavy atom. The van der Waals surface area contributed by atoms with Gasteiger partial charge in [-0.3, -0.25) is 14.9 Å². The molecular formula is C15H14ClNO7S. The topological polar surface area (TPSA) is 152 Å². The monoisotopic (exact) mass is 387 g/mol. The molecule has 0 saturated carbocycles. The van der Waals surface area contributed by atoms with E-state index >= 15 is 0 Å². The van der Waals surface area contributed by atoms with Crippen molar-refractivity contribution in [2.75, 3.05) is 12.0 Å². The Morgan fingerprint density at radius 2 is 1.60 bits per heavy atom. The standard InChI is InChI=1S/C15H14NO3S.ClHO4/c1-20(14-8-3-2-4-9-14)11-15(17)12-6-5-7-13(10-12)16(18)19;2-1(3,4)5/h2-10H,11H2,1H3;(H,2,3,4,5)/q+1;/p-1. The molecule has 134 valence electrons. The van der Waals surface area contributed by atoms with Crippen molar-refractivity contribution < 1.29 is 38.6 Å². The van der Waals surface area contributed by atoms with Crippen LogP contribution in [0.25, 0.3) is 0 Å². The Kier molecular flexibility index (Phi) is 7.97. The van der Waals surface area contributed by atoms with E-state index < -0.39 is 15.2 Å². The van der Waals surface area contributed by atoms with Crippen molar-refractivity contribution >= 4 is 22.4 Å².